The first-order chi connectivity index (χ1) is 7.86. The highest BCUT2D eigenvalue weighted by atomic mass is 16.5. The molecule has 1 unspecified atom stereocenters. The van der Waals surface area contributed by atoms with E-state index in [-0.39, 0.29) is 0 Å². The predicted octanol–water partition coefficient (Wildman–Crippen LogP) is 1.52. The van der Waals surface area contributed by atoms with Crippen molar-refractivity contribution < 1.29 is 4.74 Å². The van der Waals surface area contributed by atoms with Crippen LogP contribution in [0.5, 0.6) is 0 Å². The first-order valence-corrected chi connectivity index (χ1v) is 6.50. The van der Waals surface area contributed by atoms with E-state index < -0.39 is 0 Å². The van der Waals surface area contributed by atoms with E-state index in [9.17, 15) is 0 Å². The molecule has 0 aliphatic carbocycles. The van der Waals surface area contributed by atoms with Crippen LogP contribution in [0, 0.1) is 0 Å². The van der Waals surface area contributed by atoms with Gasteiger partial charge in [-0.2, -0.15) is 0 Å². The Kier molecular flexibility index (Phi) is 6.97. The molecule has 16 heavy (non-hydrogen) atoms. The molecule has 0 aromatic heterocycles. The van der Waals surface area contributed by atoms with Crippen molar-refractivity contribution in [3.8, 4) is 0 Å². The smallest absolute Gasteiger partial charge is 0.191 e. The largest absolute Gasteiger partial charge is 0.378 e. The molecule has 0 bridgehead atoms. The quantitative estimate of drug-likeness (QED) is 0.553. The van der Waals surface area contributed by atoms with Gasteiger partial charge in [0.1, 0.15) is 0 Å². The van der Waals surface area contributed by atoms with Crippen LogP contribution in [0.25, 0.3) is 0 Å². The lowest BCUT2D eigenvalue weighted by molar-refractivity contribution is 0.0129. The molecule has 1 saturated heterocycles. The highest BCUT2D eigenvalue weighted by Crippen LogP contribution is 2.15. The van der Waals surface area contributed by atoms with Crippen molar-refractivity contribution in [3.63, 3.8) is 0 Å². The Hall–Kier alpha value is -0.770. The lowest BCUT2D eigenvalue weighted by Crippen LogP contribution is -2.37. The third-order valence-electron chi connectivity index (χ3n) is 2.68. The van der Waals surface area contributed by atoms with Crippen molar-refractivity contribution >= 4 is 5.96 Å². The van der Waals surface area contributed by atoms with E-state index >= 15 is 0 Å². The van der Waals surface area contributed by atoms with Crippen LogP contribution in [0.1, 0.15) is 39.5 Å². The number of hydrogen-bond donors (Lipinski definition) is 2. The van der Waals surface area contributed by atoms with Crippen molar-refractivity contribution in [2.24, 2.45) is 4.99 Å². The van der Waals surface area contributed by atoms with Gasteiger partial charge < -0.3 is 15.4 Å². The molecule has 4 nitrogen and oxygen atoms in total. The molecule has 0 aromatic carbocycles. The third-order valence-corrected chi connectivity index (χ3v) is 2.68. The molecule has 0 saturated carbocycles. The van der Waals surface area contributed by atoms with Crippen LogP contribution in [0.4, 0.5) is 0 Å². The number of aliphatic imine (C=N–C) groups is 1. The molecular weight excluding hydrogens is 202 g/mol. The third kappa shape index (κ3) is 5.35. The molecule has 1 heterocycles. The minimum Gasteiger partial charge on any atom is -0.378 e. The molecule has 0 radical (unpaired) electrons. The van der Waals surface area contributed by atoms with Crippen LogP contribution in [0.3, 0.4) is 0 Å². The summed E-state index contributed by atoms with van der Waals surface area (Å²) in [4.78, 5) is 4.51. The van der Waals surface area contributed by atoms with E-state index in [0.29, 0.717) is 6.10 Å². The van der Waals surface area contributed by atoms with Crippen molar-refractivity contribution in [3.05, 3.63) is 0 Å². The minimum absolute atomic E-state index is 0.432. The summed E-state index contributed by atoms with van der Waals surface area (Å²) in [5.74, 6) is 0.917. The Morgan fingerprint density at radius 3 is 2.56 bits per heavy atom. The Morgan fingerprint density at radius 2 is 2.00 bits per heavy atom. The van der Waals surface area contributed by atoms with Gasteiger partial charge in [0.15, 0.2) is 5.96 Å². The predicted molar refractivity (Wildman–Crippen MR) is 67.9 cm³/mol. The van der Waals surface area contributed by atoms with Gasteiger partial charge in [0, 0.05) is 26.2 Å². The van der Waals surface area contributed by atoms with Crippen LogP contribution >= 0.6 is 0 Å². The summed E-state index contributed by atoms with van der Waals surface area (Å²) in [6.07, 6.45) is 5.21. The molecule has 1 aliphatic rings. The van der Waals surface area contributed by atoms with Crippen LogP contribution in [0.15, 0.2) is 4.99 Å². The van der Waals surface area contributed by atoms with Crippen LogP contribution in [-0.4, -0.2) is 38.3 Å². The normalized spacial score (nSPS) is 20.2. The number of ether oxygens (including phenoxy) is 1. The summed E-state index contributed by atoms with van der Waals surface area (Å²) >= 11 is 0. The second kappa shape index (κ2) is 8.39. The molecule has 2 N–H and O–H groups in total. The molecule has 0 aromatic rings. The van der Waals surface area contributed by atoms with Crippen LogP contribution in [0.2, 0.25) is 0 Å². The fourth-order valence-corrected chi connectivity index (χ4v) is 1.86. The van der Waals surface area contributed by atoms with Crippen molar-refractivity contribution in [2.45, 2.75) is 45.6 Å². The van der Waals surface area contributed by atoms with Gasteiger partial charge in [-0.1, -0.05) is 0 Å². The first-order valence-electron chi connectivity index (χ1n) is 6.50. The first kappa shape index (κ1) is 13.3. The molecular formula is C12H25N3O. The lowest BCUT2D eigenvalue weighted by Gasteiger charge is -2.21. The van der Waals surface area contributed by atoms with Gasteiger partial charge >= 0.3 is 0 Å². The highest BCUT2D eigenvalue weighted by Gasteiger charge is 2.12. The second-order valence-corrected chi connectivity index (χ2v) is 4.07. The Balaban J connectivity index is 2.20. The summed E-state index contributed by atoms with van der Waals surface area (Å²) in [5.41, 5.74) is 0. The molecule has 0 spiro atoms. The molecule has 0 amide bonds. The molecule has 4 heteroatoms. The Bertz CT molecular complexity index is 192. The zero-order valence-electron chi connectivity index (χ0n) is 10.6. The van der Waals surface area contributed by atoms with E-state index in [4.69, 9.17) is 4.74 Å². The van der Waals surface area contributed by atoms with Crippen molar-refractivity contribution in [1.29, 1.82) is 0 Å². The topological polar surface area (TPSA) is 45.7 Å². The van der Waals surface area contributed by atoms with E-state index in [1.807, 2.05) is 0 Å². The van der Waals surface area contributed by atoms with Gasteiger partial charge in [0.05, 0.1) is 6.10 Å². The zero-order valence-corrected chi connectivity index (χ0v) is 10.6. The van der Waals surface area contributed by atoms with E-state index in [2.05, 4.69) is 29.5 Å². The minimum atomic E-state index is 0.432. The summed E-state index contributed by atoms with van der Waals surface area (Å²) < 4.78 is 5.67. The van der Waals surface area contributed by atoms with Gasteiger partial charge in [0.25, 0.3) is 0 Å². The number of hydrogen-bond acceptors (Lipinski definition) is 2. The number of rotatable bonds is 5. The SMILES string of the molecule is CCNC(=NCCC1CCCCO1)NCC. The molecule has 94 valence electrons. The molecule has 1 fully saturated rings. The van der Waals surface area contributed by atoms with Gasteiger partial charge in [-0.3, -0.25) is 4.99 Å². The molecule has 1 atom stereocenters. The van der Waals surface area contributed by atoms with E-state index in [1.54, 1.807) is 0 Å². The van der Waals surface area contributed by atoms with Gasteiger partial charge in [0.2, 0.25) is 0 Å². The van der Waals surface area contributed by atoms with Gasteiger partial charge in [-0.05, 0) is 39.5 Å². The number of guanidine groups is 1. The highest BCUT2D eigenvalue weighted by molar-refractivity contribution is 5.79. The van der Waals surface area contributed by atoms with Gasteiger partial charge in [-0.25, -0.2) is 0 Å². The number of nitrogens with zero attached hydrogens (tertiary/aromatic N) is 1. The van der Waals surface area contributed by atoms with Crippen molar-refractivity contribution in [2.75, 3.05) is 26.2 Å². The average Bonchev–Trinajstić information content (AvgIpc) is 2.31. The van der Waals surface area contributed by atoms with Crippen LogP contribution < -0.4 is 10.6 Å². The Labute approximate surface area is 98.9 Å². The average molecular weight is 227 g/mol. The summed E-state index contributed by atoms with van der Waals surface area (Å²) in [6, 6.07) is 0. The fraction of sp³-hybridized carbons (Fsp3) is 0.917. The summed E-state index contributed by atoms with van der Waals surface area (Å²) in [7, 11) is 0. The summed E-state index contributed by atoms with van der Waals surface area (Å²) in [6.45, 7) is 7.76. The monoisotopic (exact) mass is 227 g/mol. The molecule has 1 aliphatic heterocycles. The number of nitrogens with one attached hydrogen (secondary N) is 2. The Morgan fingerprint density at radius 1 is 1.25 bits per heavy atom. The van der Waals surface area contributed by atoms with Crippen LogP contribution in [-0.2, 0) is 4.74 Å². The van der Waals surface area contributed by atoms with E-state index in [1.165, 1.54) is 19.3 Å². The fourth-order valence-electron chi connectivity index (χ4n) is 1.86. The van der Waals surface area contributed by atoms with Crippen molar-refractivity contribution in [1.82, 2.24) is 10.6 Å². The summed E-state index contributed by atoms with van der Waals surface area (Å²) in [5, 5.41) is 6.44. The second-order valence-electron chi connectivity index (χ2n) is 4.07. The maximum atomic E-state index is 5.67. The zero-order chi connectivity index (χ0) is 11.6. The maximum absolute atomic E-state index is 5.67. The molecule has 1 rings (SSSR count). The van der Waals surface area contributed by atoms with Gasteiger partial charge in [-0.15, -0.1) is 0 Å². The maximum Gasteiger partial charge on any atom is 0.191 e. The standard InChI is InChI=1S/C12H25N3O/c1-3-13-12(14-4-2)15-9-8-11-7-5-6-10-16-11/h11H,3-10H2,1-2H3,(H2,13,14,15). The lowest BCUT2D eigenvalue weighted by atomic mass is 10.1. The van der Waals surface area contributed by atoms with E-state index in [0.717, 1.165) is 38.6 Å².